The van der Waals surface area contributed by atoms with Crippen LogP contribution in [-0.2, 0) is 14.6 Å². The number of rotatable bonds is 15. The molecule has 0 aromatic heterocycles. The Labute approximate surface area is 123 Å². The zero-order valence-electron chi connectivity index (χ0n) is 13.2. The Hall–Kier alpha value is -0.610. The van der Waals surface area contributed by atoms with E-state index in [1.165, 1.54) is 25.7 Å². The maximum Gasteiger partial charge on any atom is 0.336 e. The van der Waals surface area contributed by atoms with E-state index in [2.05, 4.69) is 13.8 Å². The molecule has 0 heterocycles. The van der Waals surface area contributed by atoms with Crippen LogP contribution in [0.2, 0.25) is 0 Å². The summed E-state index contributed by atoms with van der Waals surface area (Å²) < 4.78 is 0. The second-order valence-corrected chi connectivity index (χ2v) is 5.36. The van der Waals surface area contributed by atoms with Gasteiger partial charge in [0.15, 0.2) is 6.10 Å². The van der Waals surface area contributed by atoms with Crippen LogP contribution in [0.3, 0.4) is 0 Å². The van der Waals surface area contributed by atoms with Gasteiger partial charge < -0.3 is 5.11 Å². The Bertz CT molecular complexity index is 219. The molecule has 0 radical (unpaired) electrons. The van der Waals surface area contributed by atoms with Crippen molar-refractivity contribution in [3.63, 3.8) is 0 Å². The molecule has 0 aromatic carbocycles. The first-order valence-corrected chi connectivity index (χ1v) is 8.23. The first-order valence-electron chi connectivity index (χ1n) is 8.23. The Balaban J connectivity index is 3.48. The summed E-state index contributed by atoms with van der Waals surface area (Å²) in [5.41, 5.74) is 0. The van der Waals surface area contributed by atoms with Crippen LogP contribution in [0.4, 0.5) is 0 Å². The molecule has 0 aliphatic heterocycles. The average molecular weight is 288 g/mol. The summed E-state index contributed by atoms with van der Waals surface area (Å²) in [7, 11) is 0. The number of aliphatic carboxylic acids is 1. The number of carbonyl (C=O) groups is 1. The van der Waals surface area contributed by atoms with Crippen LogP contribution in [0.25, 0.3) is 0 Å². The molecule has 1 atom stereocenters. The topological polar surface area (TPSA) is 55.8 Å². The van der Waals surface area contributed by atoms with E-state index >= 15 is 0 Å². The second-order valence-electron chi connectivity index (χ2n) is 5.36. The molecule has 0 amide bonds. The van der Waals surface area contributed by atoms with E-state index in [9.17, 15) is 4.79 Å². The molecule has 0 aromatic rings. The Morgan fingerprint density at radius 2 is 1.45 bits per heavy atom. The van der Waals surface area contributed by atoms with E-state index in [1.807, 2.05) is 0 Å². The van der Waals surface area contributed by atoms with E-state index in [0.717, 1.165) is 38.5 Å². The van der Waals surface area contributed by atoms with Crippen LogP contribution in [0, 0.1) is 0 Å². The molecule has 1 unspecified atom stereocenters. The van der Waals surface area contributed by atoms with Gasteiger partial charge in [0, 0.05) is 0 Å². The molecule has 0 bridgehead atoms. The highest BCUT2D eigenvalue weighted by Crippen LogP contribution is 2.10. The van der Waals surface area contributed by atoms with Crippen molar-refractivity contribution in [3.05, 3.63) is 0 Å². The second kappa shape index (κ2) is 14.8. The summed E-state index contributed by atoms with van der Waals surface area (Å²) in [5, 5.41) is 9.02. The minimum Gasteiger partial charge on any atom is -0.479 e. The van der Waals surface area contributed by atoms with Gasteiger partial charge in [-0.1, -0.05) is 71.6 Å². The standard InChI is InChI=1S/C16H32O4/c1-3-5-7-9-10-12-14-19-20-15(16(17)18)13-11-8-6-4-2/h15H,3-14H2,1-2H3,(H,17,18). The van der Waals surface area contributed by atoms with E-state index < -0.39 is 12.1 Å². The Kier molecular flexibility index (Phi) is 14.3. The van der Waals surface area contributed by atoms with Gasteiger partial charge in [0.1, 0.15) is 0 Å². The molecule has 0 aliphatic carbocycles. The molecule has 120 valence electrons. The van der Waals surface area contributed by atoms with Gasteiger partial charge in [-0.2, -0.15) is 0 Å². The summed E-state index contributed by atoms with van der Waals surface area (Å²) in [6.45, 7) is 4.82. The largest absolute Gasteiger partial charge is 0.479 e. The maximum atomic E-state index is 11.0. The zero-order chi connectivity index (χ0) is 15.1. The van der Waals surface area contributed by atoms with Gasteiger partial charge >= 0.3 is 5.97 Å². The van der Waals surface area contributed by atoms with E-state index in [1.54, 1.807) is 0 Å². The van der Waals surface area contributed by atoms with Crippen LogP contribution in [0.15, 0.2) is 0 Å². The lowest BCUT2D eigenvalue weighted by atomic mass is 10.1. The van der Waals surface area contributed by atoms with Crippen molar-refractivity contribution >= 4 is 5.97 Å². The summed E-state index contributed by atoms with van der Waals surface area (Å²) >= 11 is 0. The Morgan fingerprint density at radius 1 is 0.900 bits per heavy atom. The van der Waals surface area contributed by atoms with Crippen molar-refractivity contribution in [2.45, 2.75) is 90.6 Å². The van der Waals surface area contributed by atoms with Crippen LogP contribution >= 0.6 is 0 Å². The number of hydrogen-bond donors (Lipinski definition) is 1. The normalized spacial score (nSPS) is 12.5. The predicted molar refractivity (Wildman–Crippen MR) is 80.6 cm³/mol. The van der Waals surface area contributed by atoms with Crippen molar-refractivity contribution in [1.29, 1.82) is 0 Å². The molecule has 0 spiro atoms. The van der Waals surface area contributed by atoms with E-state index in [-0.39, 0.29) is 0 Å². The third-order valence-electron chi connectivity index (χ3n) is 3.36. The minimum atomic E-state index is -0.926. The van der Waals surface area contributed by atoms with Gasteiger partial charge in [0.2, 0.25) is 0 Å². The fraction of sp³-hybridized carbons (Fsp3) is 0.938. The molecule has 0 fully saturated rings. The summed E-state index contributed by atoms with van der Waals surface area (Å²) in [6, 6.07) is 0. The summed E-state index contributed by atoms with van der Waals surface area (Å²) in [5.74, 6) is -0.926. The first-order chi connectivity index (χ1) is 9.72. The van der Waals surface area contributed by atoms with Gasteiger partial charge in [0.05, 0.1) is 6.61 Å². The monoisotopic (exact) mass is 288 g/mol. The summed E-state index contributed by atoms with van der Waals surface area (Å²) in [4.78, 5) is 21.0. The Morgan fingerprint density at radius 3 is 2.05 bits per heavy atom. The fourth-order valence-corrected chi connectivity index (χ4v) is 2.04. The molecule has 0 rings (SSSR count). The third kappa shape index (κ3) is 12.4. The zero-order valence-corrected chi connectivity index (χ0v) is 13.2. The van der Waals surface area contributed by atoms with Gasteiger partial charge in [-0.3, -0.25) is 0 Å². The molecule has 0 saturated carbocycles. The van der Waals surface area contributed by atoms with Crippen molar-refractivity contribution in [3.8, 4) is 0 Å². The van der Waals surface area contributed by atoms with Crippen molar-refractivity contribution in [2.24, 2.45) is 0 Å². The highest BCUT2D eigenvalue weighted by atomic mass is 17.2. The molecular formula is C16H32O4. The number of carboxylic acids is 1. The van der Waals surface area contributed by atoms with Crippen LogP contribution < -0.4 is 0 Å². The van der Waals surface area contributed by atoms with Crippen molar-refractivity contribution in [1.82, 2.24) is 0 Å². The molecule has 0 saturated heterocycles. The number of unbranched alkanes of at least 4 members (excludes halogenated alkanes) is 8. The maximum absolute atomic E-state index is 11.0. The summed E-state index contributed by atoms with van der Waals surface area (Å²) in [6.07, 6.45) is 11.0. The first kappa shape index (κ1) is 19.4. The highest BCUT2D eigenvalue weighted by molar-refractivity contribution is 5.72. The molecule has 1 N–H and O–H groups in total. The lowest BCUT2D eigenvalue weighted by molar-refractivity contribution is -0.321. The smallest absolute Gasteiger partial charge is 0.336 e. The number of hydrogen-bond acceptors (Lipinski definition) is 3. The molecular weight excluding hydrogens is 256 g/mol. The number of carboxylic acid groups (broad SMARTS) is 1. The lowest BCUT2D eigenvalue weighted by Gasteiger charge is -2.12. The molecule has 4 nitrogen and oxygen atoms in total. The molecule has 20 heavy (non-hydrogen) atoms. The van der Waals surface area contributed by atoms with Crippen LogP contribution in [0.1, 0.15) is 84.5 Å². The minimum absolute atomic E-state index is 0.491. The molecule has 4 heteroatoms. The fourth-order valence-electron chi connectivity index (χ4n) is 2.04. The lowest BCUT2D eigenvalue weighted by Crippen LogP contribution is -2.24. The van der Waals surface area contributed by atoms with Gasteiger partial charge in [0.25, 0.3) is 0 Å². The quantitative estimate of drug-likeness (QED) is 0.269. The van der Waals surface area contributed by atoms with Crippen molar-refractivity contribution in [2.75, 3.05) is 6.61 Å². The van der Waals surface area contributed by atoms with Gasteiger partial charge in [-0.25, -0.2) is 14.6 Å². The van der Waals surface area contributed by atoms with E-state index in [0.29, 0.717) is 13.0 Å². The van der Waals surface area contributed by atoms with Crippen molar-refractivity contribution < 1.29 is 19.7 Å². The van der Waals surface area contributed by atoms with E-state index in [4.69, 9.17) is 14.9 Å². The van der Waals surface area contributed by atoms with Gasteiger partial charge in [-0.15, -0.1) is 0 Å². The SMILES string of the molecule is CCCCCCCCOOC(CCCCCC)C(=O)O. The van der Waals surface area contributed by atoms with Crippen LogP contribution in [0.5, 0.6) is 0 Å². The third-order valence-corrected chi connectivity index (χ3v) is 3.36. The van der Waals surface area contributed by atoms with Gasteiger partial charge in [-0.05, 0) is 12.8 Å². The molecule has 0 aliphatic rings. The highest BCUT2D eigenvalue weighted by Gasteiger charge is 2.18. The average Bonchev–Trinajstić information content (AvgIpc) is 2.43. The predicted octanol–water partition coefficient (Wildman–Crippen LogP) is 4.72. The van der Waals surface area contributed by atoms with Crippen LogP contribution in [-0.4, -0.2) is 23.8 Å².